The number of nitrogens with zero attached hydrogens (tertiary/aromatic N) is 4. The Morgan fingerprint density at radius 2 is 1.51 bits per heavy atom. The zero-order valence-corrected chi connectivity index (χ0v) is 22.6. The van der Waals surface area contributed by atoms with E-state index in [4.69, 9.17) is 0 Å². The monoisotopic (exact) mass is 539 g/mol. The summed E-state index contributed by atoms with van der Waals surface area (Å²) in [6, 6.07) is 24.4. The smallest absolute Gasteiger partial charge is 0.271 e. The van der Waals surface area contributed by atoms with Crippen molar-refractivity contribution in [3.05, 3.63) is 111 Å². The minimum atomic E-state index is -0.397. The molecule has 0 aliphatic carbocycles. The van der Waals surface area contributed by atoms with Crippen LogP contribution in [0.4, 0.5) is 11.4 Å². The van der Waals surface area contributed by atoms with Gasteiger partial charge in [-0.3, -0.25) is 14.9 Å². The van der Waals surface area contributed by atoms with E-state index in [2.05, 4.69) is 20.0 Å². The number of carbonyl (C=O) groups excluding carboxylic acids is 1. The molecule has 0 saturated carbocycles. The molecule has 1 aliphatic rings. The zero-order chi connectivity index (χ0) is 27.4. The summed E-state index contributed by atoms with van der Waals surface area (Å²) in [6.07, 6.45) is 4.10. The Hall–Kier alpha value is -4.37. The van der Waals surface area contributed by atoms with Gasteiger partial charge in [-0.15, -0.1) is 0 Å². The maximum absolute atomic E-state index is 12.6. The Morgan fingerprint density at radius 1 is 0.923 bits per heavy atom. The van der Waals surface area contributed by atoms with Gasteiger partial charge >= 0.3 is 0 Å². The van der Waals surface area contributed by atoms with Gasteiger partial charge in [0, 0.05) is 68.9 Å². The number of hydrazone groups is 1. The van der Waals surface area contributed by atoms with Crippen molar-refractivity contribution in [1.82, 2.24) is 9.99 Å². The summed E-state index contributed by atoms with van der Waals surface area (Å²) >= 11 is 1.55. The van der Waals surface area contributed by atoms with E-state index in [9.17, 15) is 14.9 Å². The Labute approximate surface area is 231 Å². The summed E-state index contributed by atoms with van der Waals surface area (Å²) in [5.41, 5.74) is 8.44. The van der Waals surface area contributed by atoms with Crippen molar-refractivity contribution in [3.63, 3.8) is 0 Å². The van der Waals surface area contributed by atoms with Crippen LogP contribution in [0, 0.1) is 24.0 Å². The summed E-state index contributed by atoms with van der Waals surface area (Å²) in [6.45, 7) is 6.19. The van der Waals surface area contributed by atoms with Crippen molar-refractivity contribution in [2.24, 2.45) is 5.10 Å². The molecule has 0 radical (unpaired) electrons. The molecule has 1 aliphatic heterocycles. The molecule has 0 atom stereocenters. The predicted octanol–water partition coefficient (Wildman–Crippen LogP) is 6.52. The largest absolute Gasteiger partial charge is 0.372 e. The topological polar surface area (TPSA) is 92.8 Å². The number of nitro groups is 1. The van der Waals surface area contributed by atoms with Crippen LogP contribution in [0.5, 0.6) is 0 Å². The van der Waals surface area contributed by atoms with E-state index in [-0.39, 0.29) is 11.6 Å². The van der Waals surface area contributed by atoms with Gasteiger partial charge in [0.15, 0.2) is 0 Å². The number of nitro benzene ring substituents is 1. The Bertz CT molecular complexity index is 1500. The number of amides is 1. The first-order chi connectivity index (χ1) is 18.9. The first-order valence-electron chi connectivity index (χ1n) is 12.8. The number of hydrogen-bond acceptors (Lipinski definition) is 6. The highest BCUT2D eigenvalue weighted by Crippen LogP contribution is 2.30. The fraction of sp³-hybridized carbons (Fsp3) is 0.200. The van der Waals surface area contributed by atoms with Gasteiger partial charge in [0.1, 0.15) is 0 Å². The highest BCUT2D eigenvalue weighted by atomic mass is 32.2. The molecule has 1 amide bonds. The second-order valence-corrected chi connectivity index (χ2v) is 10.6. The summed E-state index contributed by atoms with van der Waals surface area (Å²) < 4.78 is 2.14. The quantitative estimate of drug-likeness (QED) is 0.156. The SMILES string of the molecule is Cc1cc(/C=N\NC(=O)c2ccc(N3CCCC3)cc2)c(C)n1-c1ccc(Sc2ccc([N+](=O)[O-])cc2)cc1. The van der Waals surface area contributed by atoms with E-state index in [0.717, 1.165) is 51.2 Å². The van der Waals surface area contributed by atoms with Gasteiger partial charge in [0.05, 0.1) is 11.1 Å². The third-order valence-corrected chi connectivity index (χ3v) is 7.83. The number of aryl methyl sites for hydroxylation is 1. The van der Waals surface area contributed by atoms with E-state index >= 15 is 0 Å². The fourth-order valence-electron chi connectivity index (χ4n) is 4.77. The lowest BCUT2D eigenvalue weighted by Gasteiger charge is -2.17. The molecule has 1 fully saturated rings. The summed E-state index contributed by atoms with van der Waals surface area (Å²) in [4.78, 5) is 27.4. The van der Waals surface area contributed by atoms with Gasteiger partial charge in [-0.2, -0.15) is 5.10 Å². The van der Waals surface area contributed by atoms with E-state index in [0.29, 0.717) is 5.56 Å². The normalized spacial score (nSPS) is 13.2. The second-order valence-electron chi connectivity index (χ2n) is 9.45. The third-order valence-electron chi connectivity index (χ3n) is 6.82. The summed E-state index contributed by atoms with van der Waals surface area (Å²) in [7, 11) is 0. The molecule has 5 rings (SSSR count). The van der Waals surface area contributed by atoms with Crippen molar-refractivity contribution in [2.45, 2.75) is 36.5 Å². The van der Waals surface area contributed by atoms with E-state index in [1.54, 1.807) is 30.1 Å². The number of rotatable bonds is 8. The van der Waals surface area contributed by atoms with Crippen LogP contribution in [0.3, 0.4) is 0 Å². The van der Waals surface area contributed by atoms with Gasteiger partial charge in [0.2, 0.25) is 0 Å². The number of anilines is 1. The summed E-state index contributed by atoms with van der Waals surface area (Å²) in [5.74, 6) is -0.242. The molecule has 198 valence electrons. The van der Waals surface area contributed by atoms with Crippen LogP contribution >= 0.6 is 11.8 Å². The van der Waals surface area contributed by atoms with E-state index in [1.165, 1.54) is 25.0 Å². The van der Waals surface area contributed by atoms with Crippen LogP contribution < -0.4 is 10.3 Å². The molecule has 1 saturated heterocycles. The number of aromatic nitrogens is 1. The molecule has 0 spiro atoms. The highest BCUT2D eigenvalue weighted by molar-refractivity contribution is 7.99. The number of carbonyl (C=O) groups is 1. The molecular weight excluding hydrogens is 510 g/mol. The molecule has 9 heteroatoms. The molecule has 0 unspecified atom stereocenters. The van der Waals surface area contributed by atoms with Crippen LogP contribution in [-0.4, -0.2) is 34.7 Å². The van der Waals surface area contributed by atoms with Crippen LogP contribution in [-0.2, 0) is 0 Å². The summed E-state index contributed by atoms with van der Waals surface area (Å²) in [5, 5.41) is 15.1. The average molecular weight is 540 g/mol. The lowest BCUT2D eigenvalue weighted by Crippen LogP contribution is -2.19. The van der Waals surface area contributed by atoms with Crippen LogP contribution in [0.15, 0.2) is 93.8 Å². The Morgan fingerprint density at radius 3 is 2.13 bits per heavy atom. The van der Waals surface area contributed by atoms with Crippen molar-refractivity contribution in [3.8, 4) is 5.69 Å². The lowest BCUT2D eigenvalue weighted by molar-refractivity contribution is -0.384. The standard InChI is InChI=1S/C30H29N5O3S/c1-21-19-24(20-31-32-30(36)23-5-7-25(8-6-23)33-17-3-4-18-33)22(2)34(21)26-9-13-28(14-10-26)39-29-15-11-27(12-16-29)35(37)38/h5-16,19-20H,3-4,17-18H2,1-2H3,(H,32,36)/b31-20-. The van der Waals surface area contributed by atoms with Gasteiger partial charge < -0.3 is 9.47 Å². The molecular formula is C30H29N5O3S. The number of non-ortho nitro benzene ring substituents is 1. The lowest BCUT2D eigenvalue weighted by atomic mass is 10.2. The minimum absolute atomic E-state index is 0.0822. The molecule has 8 nitrogen and oxygen atoms in total. The highest BCUT2D eigenvalue weighted by Gasteiger charge is 2.14. The predicted molar refractivity (Wildman–Crippen MR) is 155 cm³/mol. The van der Waals surface area contributed by atoms with Gasteiger partial charge in [-0.05, 0) is 93.4 Å². The van der Waals surface area contributed by atoms with Crippen LogP contribution in [0.2, 0.25) is 0 Å². The molecule has 1 N–H and O–H groups in total. The number of nitrogens with one attached hydrogen (secondary N) is 1. The van der Waals surface area contributed by atoms with Crippen molar-refractivity contribution < 1.29 is 9.72 Å². The third kappa shape index (κ3) is 6.04. The maximum Gasteiger partial charge on any atom is 0.271 e. The molecule has 4 aromatic rings. The zero-order valence-electron chi connectivity index (χ0n) is 21.8. The van der Waals surface area contributed by atoms with Crippen molar-refractivity contribution in [2.75, 3.05) is 18.0 Å². The van der Waals surface area contributed by atoms with Crippen molar-refractivity contribution >= 4 is 35.3 Å². The Kier molecular flexibility index (Phi) is 7.79. The van der Waals surface area contributed by atoms with E-state index < -0.39 is 4.92 Å². The minimum Gasteiger partial charge on any atom is -0.372 e. The Balaban J connectivity index is 1.22. The van der Waals surface area contributed by atoms with Crippen LogP contribution in [0.25, 0.3) is 5.69 Å². The fourth-order valence-corrected chi connectivity index (χ4v) is 5.59. The molecule has 2 heterocycles. The molecule has 39 heavy (non-hydrogen) atoms. The maximum atomic E-state index is 12.6. The van der Waals surface area contributed by atoms with E-state index in [1.807, 2.05) is 68.4 Å². The van der Waals surface area contributed by atoms with Gasteiger partial charge in [-0.1, -0.05) is 11.8 Å². The first kappa shape index (κ1) is 26.2. The van der Waals surface area contributed by atoms with Crippen LogP contribution in [0.1, 0.15) is 40.2 Å². The second kappa shape index (κ2) is 11.6. The van der Waals surface area contributed by atoms with Gasteiger partial charge in [-0.25, -0.2) is 5.43 Å². The average Bonchev–Trinajstić information content (AvgIpc) is 3.58. The molecule has 0 bridgehead atoms. The van der Waals surface area contributed by atoms with Crippen molar-refractivity contribution in [1.29, 1.82) is 0 Å². The molecule has 1 aromatic heterocycles. The number of benzene rings is 3. The number of hydrogen-bond donors (Lipinski definition) is 1. The first-order valence-corrected chi connectivity index (χ1v) is 13.6. The molecule has 3 aromatic carbocycles. The van der Waals surface area contributed by atoms with Gasteiger partial charge in [0.25, 0.3) is 11.6 Å².